The molecule has 0 fully saturated rings. The van der Waals surface area contributed by atoms with Crippen LogP contribution in [0.2, 0.25) is 19.6 Å². The molecular weight excluding hydrogens is 472 g/mol. The Morgan fingerprint density at radius 3 is 1.46 bits per heavy atom. The lowest BCUT2D eigenvalue weighted by molar-refractivity contribution is -0.0345. The predicted octanol–water partition coefficient (Wildman–Crippen LogP) is 10.6. The number of hydrogen-bond acceptors (Lipinski definition) is 3. The molecular formula is C33H68O3Si. The summed E-state index contributed by atoms with van der Waals surface area (Å²) in [6, 6.07) is 0. The van der Waals surface area contributed by atoms with Gasteiger partial charge in [0.25, 0.3) is 0 Å². The molecule has 0 aromatic heterocycles. The molecule has 0 aliphatic carbocycles. The quantitative estimate of drug-likeness (QED) is 0.0952. The molecule has 3 unspecified atom stereocenters. The van der Waals surface area contributed by atoms with Crippen LogP contribution in [0.3, 0.4) is 0 Å². The average Bonchev–Trinajstić information content (AvgIpc) is 2.72. The summed E-state index contributed by atoms with van der Waals surface area (Å²) in [6.07, 6.45) is 15.6. The summed E-state index contributed by atoms with van der Waals surface area (Å²) in [5.41, 5.74) is 1.39. The van der Waals surface area contributed by atoms with Crippen molar-refractivity contribution in [3.63, 3.8) is 0 Å². The molecule has 0 aromatic carbocycles. The predicted molar refractivity (Wildman–Crippen MR) is 167 cm³/mol. The van der Waals surface area contributed by atoms with Gasteiger partial charge in [0.05, 0.1) is 11.2 Å². The fraction of sp³-hybridized carbons (Fsp3) is 0.939. The molecule has 0 saturated heterocycles. The van der Waals surface area contributed by atoms with Crippen LogP contribution in [0.15, 0.2) is 11.6 Å². The van der Waals surface area contributed by atoms with Gasteiger partial charge in [-0.05, 0) is 124 Å². The topological polar surface area (TPSA) is 27.7 Å². The van der Waals surface area contributed by atoms with Crippen LogP contribution in [0.4, 0.5) is 0 Å². The fourth-order valence-corrected chi connectivity index (χ4v) is 5.36. The fourth-order valence-electron chi connectivity index (χ4n) is 4.63. The summed E-state index contributed by atoms with van der Waals surface area (Å²) in [7, 11) is -1.37. The Balaban J connectivity index is 3.95. The minimum atomic E-state index is -1.37. The van der Waals surface area contributed by atoms with Crippen molar-refractivity contribution in [3.05, 3.63) is 11.6 Å². The van der Waals surface area contributed by atoms with Crippen molar-refractivity contribution in [2.75, 3.05) is 19.8 Å². The molecule has 0 radical (unpaired) electrons. The van der Waals surface area contributed by atoms with Crippen molar-refractivity contribution in [2.24, 2.45) is 17.8 Å². The summed E-state index contributed by atoms with van der Waals surface area (Å²) < 4.78 is 18.6. The maximum absolute atomic E-state index is 6.32. The summed E-state index contributed by atoms with van der Waals surface area (Å²) in [4.78, 5) is 0. The third kappa shape index (κ3) is 24.6. The van der Waals surface area contributed by atoms with Crippen LogP contribution in [-0.4, -0.2) is 39.3 Å². The van der Waals surface area contributed by atoms with Crippen LogP contribution < -0.4 is 0 Å². The molecule has 0 rings (SSSR count). The van der Waals surface area contributed by atoms with E-state index in [-0.39, 0.29) is 11.2 Å². The summed E-state index contributed by atoms with van der Waals surface area (Å²) in [5.74, 6) is 2.16. The zero-order valence-electron chi connectivity index (χ0n) is 27.4. The molecule has 0 saturated carbocycles. The molecule has 222 valence electrons. The van der Waals surface area contributed by atoms with Crippen molar-refractivity contribution in [3.8, 4) is 0 Å². The SMILES string of the molecule is CC(C)=CCCC(C)CCOC(C)(C)CCCC(C)CCOC(C)(C)CCCC(C)CCO[Si](C)(C)C. The third-order valence-corrected chi connectivity index (χ3v) is 8.59. The van der Waals surface area contributed by atoms with Crippen LogP contribution in [0.5, 0.6) is 0 Å². The van der Waals surface area contributed by atoms with Gasteiger partial charge in [0.1, 0.15) is 0 Å². The molecule has 0 bridgehead atoms. The normalized spacial score (nSPS) is 15.5. The van der Waals surface area contributed by atoms with E-state index in [1.54, 1.807) is 0 Å². The van der Waals surface area contributed by atoms with Gasteiger partial charge in [0.15, 0.2) is 8.32 Å². The summed E-state index contributed by atoms with van der Waals surface area (Å²) >= 11 is 0. The Bertz CT molecular complexity index is 587. The van der Waals surface area contributed by atoms with E-state index in [0.29, 0.717) is 5.92 Å². The van der Waals surface area contributed by atoms with Crippen LogP contribution in [0, 0.1) is 17.8 Å². The largest absolute Gasteiger partial charge is 0.418 e. The van der Waals surface area contributed by atoms with E-state index in [1.165, 1.54) is 50.5 Å². The first-order valence-electron chi connectivity index (χ1n) is 15.6. The van der Waals surface area contributed by atoms with Gasteiger partial charge in [0, 0.05) is 19.8 Å². The Morgan fingerprint density at radius 2 is 1.05 bits per heavy atom. The third-order valence-electron chi connectivity index (χ3n) is 7.52. The second-order valence-corrected chi connectivity index (χ2v) is 19.0. The first-order chi connectivity index (χ1) is 17.0. The molecule has 0 aliphatic heterocycles. The maximum atomic E-state index is 6.32. The highest BCUT2D eigenvalue weighted by Gasteiger charge is 2.21. The van der Waals surface area contributed by atoms with Crippen LogP contribution in [0.1, 0.15) is 133 Å². The second kappa shape index (κ2) is 19.0. The highest BCUT2D eigenvalue weighted by molar-refractivity contribution is 6.69. The first kappa shape index (κ1) is 36.8. The number of rotatable bonds is 23. The van der Waals surface area contributed by atoms with Gasteiger partial charge in [-0.2, -0.15) is 0 Å². The van der Waals surface area contributed by atoms with Crippen molar-refractivity contribution >= 4 is 8.32 Å². The van der Waals surface area contributed by atoms with E-state index >= 15 is 0 Å². The van der Waals surface area contributed by atoms with Crippen LogP contribution in [0.25, 0.3) is 0 Å². The summed E-state index contributed by atoms with van der Waals surface area (Å²) in [5, 5.41) is 0. The molecule has 0 N–H and O–H groups in total. The van der Waals surface area contributed by atoms with Crippen molar-refractivity contribution in [1.82, 2.24) is 0 Å². The second-order valence-electron chi connectivity index (χ2n) is 14.5. The zero-order chi connectivity index (χ0) is 28.5. The summed E-state index contributed by atoms with van der Waals surface area (Å²) in [6.45, 7) is 30.0. The molecule has 0 amide bonds. The number of hydrogen-bond donors (Lipinski definition) is 0. The molecule has 3 nitrogen and oxygen atoms in total. The van der Waals surface area contributed by atoms with Crippen LogP contribution in [-0.2, 0) is 13.9 Å². The van der Waals surface area contributed by atoms with E-state index in [4.69, 9.17) is 13.9 Å². The van der Waals surface area contributed by atoms with Gasteiger partial charge in [0.2, 0.25) is 0 Å². The van der Waals surface area contributed by atoms with E-state index < -0.39 is 8.32 Å². The lowest BCUT2D eigenvalue weighted by Crippen LogP contribution is -2.27. The van der Waals surface area contributed by atoms with Gasteiger partial charge >= 0.3 is 0 Å². The lowest BCUT2D eigenvalue weighted by atomic mass is 9.94. The smallest absolute Gasteiger partial charge is 0.183 e. The molecule has 0 aliphatic rings. The highest BCUT2D eigenvalue weighted by atomic mass is 28.4. The Labute approximate surface area is 235 Å². The van der Waals surface area contributed by atoms with Crippen molar-refractivity contribution in [1.29, 1.82) is 0 Å². The van der Waals surface area contributed by atoms with Crippen LogP contribution >= 0.6 is 0 Å². The van der Waals surface area contributed by atoms with Gasteiger partial charge in [-0.15, -0.1) is 0 Å². The highest BCUT2D eigenvalue weighted by Crippen LogP contribution is 2.25. The van der Waals surface area contributed by atoms with E-state index in [0.717, 1.165) is 57.3 Å². The molecule has 0 heterocycles. The Morgan fingerprint density at radius 1 is 0.649 bits per heavy atom. The first-order valence-corrected chi connectivity index (χ1v) is 19.0. The lowest BCUT2D eigenvalue weighted by Gasteiger charge is -2.28. The van der Waals surface area contributed by atoms with E-state index in [2.05, 4.69) is 88.0 Å². The van der Waals surface area contributed by atoms with E-state index in [9.17, 15) is 0 Å². The van der Waals surface area contributed by atoms with Gasteiger partial charge in [-0.3, -0.25) is 0 Å². The Hall–Kier alpha value is -0.163. The Kier molecular flexibility index (Phi) is 18.9. The monoisotopic (exact) mass is 540 g/mol. The zero-order valence-corrected chi connectivity index (χ0v) is 28.4. The molecule has 0 aromatic rings. The molecule has 0 spiro atoms. The standard InChI is InChI=1S/C33H68O3Si/c1-28(2)16-13-17-29(3)20-25-34-32(6,7)23-14-18-30(4)21-26-35-33(8,9)24-15-19-31(5)22-27-36-37(10,11)12/h16,29-31H,13-15,17-27H2,1-12H3. The van der Waals surface area contributed by atoms with Gasteiger partial charge < -0.3 is 13.9 Å². The van der Waals surface area contributed by atoms with Crippen molar-refractivity contribution in [2.45, 2.75) is 164 Å². The minimum Gasteiger partial charge on any atom is -0.418 e. The number of allylic oxidation sites excluding steroid dienone is 2. The molecule has 4 heteroatoms. The molecule has 37 heavy (non-hydrogen) atoms. The number of ether oxygens (including phenoxy) is 2. The minimum absolute atomic E-state index is 0.0181. The maximum Gasteiger partial charge on any atom is 0.183 e. The van der Waals surface area contributed by atoms with E-state index in [1.807, 2.05) is 0 Å². The molecule has 3 atom stereocenters. The van der Waals surface area contributed by atoms with Crippen molar-refractivity contribution < 1.29 is 13.9 Å². The van der Waals surface area contributed by atoms with Gasteiger partial charge in [-0.25, -0.2) is 0 Å². The van der Waals surface area contributed by atoms with Gasteiger partial charge in [-0.1, -0.05) is 58.1 Å². The average molecular weight is 541 g/mol.